The maximum atomic E-state index is 11.2. The minimum Gasteiger partial charge on any atom is -0.493 e. The van der Waals surface area contributed by atoms with Crippen molar-refractivity contribution in [1.29, 1.82) is 0 Å². The Hall–Kier alpha value is -2.02. The van der Waals surface area contributed by atoms with Gasteiger partial charge in [-0.2, -0.15) is 0 Å². The van der Waals surface area contributed by atoms with Gasteiger partial charge >= 0.3 is 5.97 Å². The van der Waals surface area contributed by atoms with Crippen molar-refractivity contribution in [1.82, 2.24) is 9.97 Å². The van der Waals surface area contributed by atoms with E-state index in [0.717, 1.165) is 10.9 Å². The van der Waals surface area contributed by atoms with E-state index in [1.807, 2.05) is 0 Å². The van der Waals surface area contributed by atoms with Crippen molar-refractivity contribution in [2.75, 3.05) is 27.1 Å². The highest BCUT2D eigenvalue weighted by atomic mass is 32.2. The van der Waals surface area contributed by atoms with Crippen LogP contribution in [0.3, 0.4) is 0 Å². The van der Waals surface area contributed by atoms with Crippen LogP contribution in [-0.4, -0.2) is 43.0 Å². The summed E-state index contributed by atoms with van der Waals surface area (Å²) in [4.78, 5) is 19.6. The van der Waals surface area contributed by atoms with E-state index in [4.69, 9.17) is 9.47 Å². The van der Waals surface area contributed by atoms with Gasteiger partial charge in [-0.1, -0.05) is 11.8 Å². The van der Waals surface area contributed by atoms with Crippen LogP contribution in [0, 0.1) is 0 Å². The Labute approximate surface area is 120 Å². The van der Waals surface area contributed by atoms with E-state index in [-0.39, 0.29) is 11.7 Å². The highest BCUT2D eigenvalue weighted by Gasteiger charge is 2.12. The van der Waals surface area contributed by atoms with Gasteiger partial charge in [0.25, 0.3) is 0 Å². The molecule has 0 saturated heterocycles. The van der Waals surface area contributed by atoms with Gasteiger partial charge in [0.15, 0.2) is 11.5 Å². The Morgan fingerprint density at radius 3 is 2.50 bits per heavy atom. The first kappa shape index (κ1) is 14.4. The summed E-state index contributed by atoms with van der Waals surface area (Å²) in [5.41, 5.74) is 0.727. The fourth-order valence-electron chi connectivity index (χ4n) is 1.66. The number of carbonyl (C=O) groups is 1. The summed E-state index contributed by atoms with van der Waals surface area (Å²) < 4.78 is 15.1. The Bertz CT molecular complexity index is 633. The van der Waals surface area contributed by atoms with E-state index in [0.29, 0.717) is 16.5 Å². The predicted molar refractivity (Wildman–Crippen MR) is 75.4 cm³/mol. The molecule has 20 heavy (non-hydrogen) atoms. The molecule has 0 N–H and O–H groups in total. The van der Waals surface area contributed by atoms with E-state index in [2.05, 4.69) is 14.7 Å². The van der Waals surface area contributed by atoms with Crippen molar-refractivity contribution in [3.63, 3.8) is 0 Å². The molecule has 2 aromatic rings. The molecule has 0 spiro atoms. The Morgan fingerprint density at radius 1 is 1.15 bits per heavy atom. The number of hydrogen-bond acceptors (Lipinski definition) is 7. The third kappa shape index (κ3) is 2.93. The second kappa shape index (κ2) is 6.42. The van der Waals surface area contributed by atoms with Gasteiger partial charge < -0.3 is 14.2 Å². The maximum absolute atomic E-state index is 11.2. The number of hydrogen-bond donors (Lipinski definition) is 0. The maximum Gasteiger partial charge on any atom is 0.316 e. The van der Waals surface area contributed by atoms with Gasteiger partial charge in [0.1, 0.15) is 11.4 Å². The molecule has 2 rings (SSSR count). The summed E-state index contributed by atoms with van der Waals surface area (Å²) in [5.74, 6) is 1.08. The molecule has 0 amide bonds. The molecule has 0 saturated carbocycles. The molecule has 0 fully saturated rings. The smallest absolute Gasteiger partial charge is 0.316 e. The van der Waals surface area contributed by atoms with Gasteiger partial charge in [0.2, 0.25) is 0 Å². The molecule has 0 unspecified atom stereocenters. The molecular weight excluding hydrogens is 280 g/mol. The molecule has 0 aliphatic rings. The largest absolute Gasteiger partial charge is 0.493 e. The minimum atomic E-state index is -0.303. The zero-order chi connectivity index (χ0) is 14.5. The van der Waals surface area contributed by atoms with Crippen LogP contribution in [0.2, 0.25) is 0 Å². The Morgan fingerprint density at radius 2 is 1.85 bits per heavy atom. The van der Waals surface area contributed by atoms with Gasteiger partial charge in [0, 0.05) is 11.5 Å². The second-order valence-electron chi connectivity index (χ2n) is 3.77. The number of esters is 1. The van der Waals surface area contributed by atoms with Crippen molar-refractivity contribution in [3.8, 4) is 11.5 Å². The number of thioether (sulfide) groups is 1. The molecule has 1 heterocycles. The monoisotopic (exact) mass is 294 g/mol. The third-order valence-electron chi connectivity index (χ3n) is 2.66. The Kier molecular flexibility index (Phi) is 4.62. The average Bonchev–Trinajstić information content (AvgIpc) is 2.50. The molecule has 106 valence electrons. The van der Waals surface area contributed by atoms with Crippen LogP contribution in [0.1, 0.15) is 0 Å². The molecule has 0 bridgehead atoms. The quantitative estimate of drug-likeness (QED) is 0.474. The lowest BCUT2D eigenvalue weighted by molar-refractivity contribution is -0.137. The number of rotatable bonds is 5. The van der Waals surface area contributed by atoms with Gasteiger partial charge in [-0.05, 0) is 6.07 Å². The molecular formula is C13H14N2O4S. The summed E-state index contributed by atoms with van der Waals surface area (Å²) in [7, 11) is 4.49. The van der Waals surface area contributed by atoms with Gasteiger partial charge in [0.05, 0.1) is 32.6 Å². The molecule has 0 aliphatic heterocycles. The zero-order valence-electron chi connectivity index (χ0n) is 11.4. The first-order chi connectivity index (χ1) is 9.69. The minimum absolute atomic E-state index is 0.191. The van der Waals surface area contributed by atoms with Crippen LogP contribution in [0.5, 0.6) is 11.5 Å². The van der Waals surface area contributed by atoms with E-state index < -0.39 is 0 Å². The van der Waals surface area contributed by atoms with Crippen LogP contribution in [-0.2, 0) is 9.53 Å². The number of methoxy groups -OCH3 is 3. The highest BCUT2D eigenvalue weighted by molar-refractivity contribution is 8.00. The van der Waals surface area contributed by atoms with Crippen LogP contribution < -0.4 is 9.47 Å². The summed E-state index contributed by atoms with van der Waals surface area (Å²) >= 11 is 1.29. The lowest BCUT2D eigenvalue weighted by atomic mass is 10.2. The Balaban J connectivity index is 2.42. The fourth-order valence-corrected chi connectivity index (χ4v) is 2.47. The highest BCUT2D eigenvalue weighted by Crippen LogP contribution is 2.34. The van der Waals surface area contributed by atoms with Crippen molar-refractivity contribution in [3.05, 3.63) is 18.5 Å². The lowest BCUT2D eigenvalue weighted by Crippen LogP contribution is -2.03. The van der Waals surface area contributed by atoms with Crippen LogP contribution >= 0.6 is 11.8 Å². The van der Waals surface area contributed by atoms with Crippen molar-refractivity contribution in [2.24, 2.45) is 0 Å². The number of nitrogens with zero attached hydrogens (tertiary/aromatic N) is 2. The van der Waals surface area contributed by atoms with E-state index in [1.165, 1.54) is 25.2 Å². The van der Waals surface area contributed by atoms with Gasteiger partial charge in [-0.25, -0.2) is 9.97 Å². The third-order valence-corrected chi connectivity index (χ3v) is 3.64. The summed E-state index contributed by atoms with van der Waals surface area (Å²) in [6.45, 7) is 0. The normalized spacial score (nSPS) is 10.3. The standard InChI is InChI=1S/C13H14N2O4S/c1-17-10-4-8-9(5-11(10)18-2)14-7-15-13(8)20-6-12(16)19-3/h4-5,7H,6H2,1-3H3. The average molecular weight is 294 g/mol. The first-order valence-corrected chi connectivity index (χ1v) is 6.74. The summed E-state index contributed by atoms with van der Waals surface area (Å²) in [5, 5.41) is 1.50. The van der Waals surface area contributed by atoms with E-state index in [9.17, 15) is 4.79 Å². The van der Waals surface area contributed by atoms with Crippen LogP contribution in [0.4, 0.5) is 0 Å². The zero-order valence-corrected chi connectivity index (χ0v) is 12.2. The molecule has 1 aromatic heterocycles. The van der Waals surface area contributed by atoms with Gasteiger partial charge in [-0.15, -0.1) is 0 Å². The van der Waals surface area contributed by atoms with Crippen LogP contribution in [0.15, 0.2) is 23.5 Å². The number of carbonyl (C=O) groups excluding carboxylic acids is 1. The number of benzene rings is 1. The van der Waals surface area contributed by atoms with Crippen molar-refractivity contribution in [2.45, 2.75) is 5.03 Å². The molecule has 0 aliphatic carbocycles. The molecule has 0 radical (unpaired) electrons. The molecule has 1 aromatic carbocycles. The lowest BCUT2D eigenvalue weighted by Gasteiger charge is -2.10. The summed E-state index contributed by atoms with van der Waals surface area (Å²) in [6, 6.07) is 3.58. The SMILES string of the molecule is COC(=O)CSc1ncnc2cc(OC)c(OC)cc12. The topological polar surface area (TPSA) is 70.5 Å². The molecule has 6 nitrogen and oxygen atoms in total. The first-order valence-electron chi connectivity index (χ1n) is 5.76. The van der Waals surface area contributed by atoms with E-state index >= 15 is 0 Å². The van der Waals surface area contributed by atoms with Crippen LogP contribution in [0.25, 0.3) is 10.9 Å². The predicted octanol–water partition coefficient (Wildman–Crippen LogP) is 1.91. The number of ether oxygens (including phenoxy) is 3. The summed E-state index contributed by atoms with van der Waals surface area (Å²) in [6.07, 6.45) is 1.45. The number of aromatic nitrogens is 2. The van der Waals surface area contributed by atoms with E-state index in [1.54, 1.807) is 26.4 Å². The number of fused-ring (bicyclic) bond motifs is 1. The van der Waals surface area contributed by atoms with Crippen molar-refractivity contribution < 1.29 is 19.0 Å². The second-order valence-corrected chi connectivity index (χ2v) is 4.73. The molecule has 0 atom stereocenters. The van der Waals surface area contributed by atoms with Crippen molar-refractivity contribution >= 4 is 28.6 Å². The fraction of sp³-hybridized carbons (Fsp3) is 0.308. The van der Waals surface area contributed by atoms with Gasteiger partial charge in [-0.3, -0.25) is 4.79 Å². The molecule has 7 heteroatoms.